The Morgan fingerprint density at radius 3 is 1.88 bits per heavy atom. The van der Waals surface area contributed by atoms with Crippen LogP contribution in [0, 0.1) is 11.8 Å². The minimum atomic E-state index is -0.239. The summed E-state index contributed by atoms with van der Waals surface area (Å²) in [5, 5.41) is 20.1. The number of benzene rings is 2. The normalized spacial score (nSPS) is 11.5. The predicted molar refractivity (Wildman–Crippen MR) is 99.3 cm³/mol. The van der Waals surface area contributed by atoms with Gasteiger partial charge in [-0.2, -0.15) is 0 Å². The molecule has 0 aliphatic rings. The molecule has 4 heteroatoms. The summed E-state index contributed by atoms with van der Waals surface area (Å²) < 4.78 is 0. The van der Waals surface area contributed by atoms with Crippen LogP contribution in [0.1, 0.15) is 11.1 Å². The van der Waals surface area contributed by atoms with Gasteiger partial charge in [-0.25, -0.2) is 0 Å². The van der Waals surface area contributed by atoms with Crippen LogP contribution in [0.4, 0.5) is 0 Å². The quantitative estimate of drug-likeness (QED) is 0.789. The average molecular weight is 361 g/mol. The summed E-state index contributed by atoms with van der Waals surface area (Å²) in [4.78, 5) is 0. The van der Waals surface area contributed by atoms with Gasteiger partial charge in [0.25, 0.3) is 0 Å². The first kappa shape index (κ1) is 18.6. The molecule has 0 spiro atoms. The van der Waals surface area contributed by atoms with Crippen molar-refractivity contribution in [3.8, 4) is 11.8 Å². The molecule has 0 aliphatic heterocycles. The van der Waals surface area contributed by atoms with Crippen LogP contribution in [0.2, 0.25) is 10.0 Å². The molecule has 0 heterocycles. The van der Waals surface area contributed by atoms with E-state index < -0.39 is 0 Å². The largest absolute Gasteiger partial charge is 0.392 e. The second-order valence-corrected chi connectivity index (χ2v) is 6.05. The van der Waals surface area contributed by atoms with Crippen molar-refractivity contribution in [2.24, 2.45) is 0 Å². The fraction of sp³-hybridized carbons (Fsp3) is 0.200. The van der Waals surface area contributed by atoms with E-state index in [1.165, 1.54) is 0 Å². The number of allylic oxidation sites excluding steroid dienone is 1. The lowest BCUT2D eigenvalue weighted by atomic mass is 9.95. The second kappa shape index (κ2) is 9.52. The summed E-state index contributed by atoms with van der Waals surface area (Å²) in [5.74, 6) is 5.62. The van der Waals surface area contributed by atoms with Gasteiger partial charge >= 0.3 is 0 Å². The van der Waals surface area contributed by atoms with Gasteiger partial charge in [0.2, 0.25) is 0 Å². The highest BCUT2D eigenvalue weighted by molar-refractivity contribution is 6.31. The standard InChI is InChI=1S/C20H18Cl2O2/c21-19-9-3-1-6-16(19)12-15(8-5-11-23)18(14-24)13-17-7-2-4-10-20(17)22/h1-4,6-7,9-10,23-24H,11-14H2/b18-15-. The highest BCUT2D eigenvalue weighted by Crippen LogP contribution is 2.24. The van der Waals surface area contributed by atoms with Crippen molar-refractivity contribution in [3.05, 3.63) is 80.8 Å². The van der Waals surface area contributed by atoms with Crippen molar-refractivity contribution in [2.75, 3.05) is 13.2 Å². The maximum Gasteiger partial charge on any atom is 0.104 e. The molecule has 2 aromatic carbocycles. The zero-order valence-corrected chi connectivity index (χ0v) is 14.6. The summed E-state index contributed by atoms with van der Waals surface area (Å²) in [6.45, 7) is -0.373. The van der Waals surface area contributed by atoms with Crippen LogP contribution in [0.3, 0.4) is 0 Å². The summed E-state index contributed by atoms with van der Waals surface area (Å²) in [6.07, 6.45) is 0.989. The molecule has 24 heavy (non-hydrogen) atoms. The Hall–Kier alpha value is -1.76. The minimum absolute atomic E-state index is 0.134. The summed E-state index contributed by atoms with van der Waals surface area (Å²) in [7, 11) is 0. The highest BCUT2D eigenvalue weighted by Gasteiger charge is 2.10. The zero-order chi connectivity index (χ0) is 17.4. The SMILES string of the molecule is OCC#C/C(Cc1ccccc1Cl)=C(/CO)Cc1ccccc1Cl. The van der Waals surface area contributed by atoms with Crippen LogP contribution >= 0.6 is 23.2 Å². The summed E-state index contributed by atoms with van der Waals surface area (Å²) >= 11 is 12.5. The average Bonchev–Trinajstić information content (AvgIpc) is 2.60. The van der Waals surface area contributed by atoms with E-state index in [1.54, 1.807) is 0 Å². The lowest BCUT2D eigenvalue weighted by Gasteiger charge is -2.12. The Labute approximate surface area is 152 Å². The number of halogens is 2. The number of rotatable bonds is 5. The fourth-order valence-corrected chi connectivity index (χ4v) is 2.77. The molecular formula is C20H18Cl2O2. The Kier molecular flexibility index (Phi) is 7.36. The van der Waals surface area contributed by atoms with Crippen molar-refractivity contribution in [1.82, 2.24) is 0 Å². The van der Waals surface area contributed by atoms with Crippen LogP contribution in [0.25, 0.3) is 0 Å². The van der Waals surface area contributed by atoms with Gasteiger partial charge in [0.15, 0.2) is 0 Å². The molecule has 2 nitrogen and oxygen atoms in total. The number of aliphatic hydroxyl groups is 2. The van der Waals surface area contributed by atoms with Crippen molar-refractivity contribution < 1.29 is 10.2 Å². The van der Waals surface area contributed by atoms with E-state index in [0.29, 0.717) is 22.9 Å². The van der Waals surface area contributed by atoms with Gasteiger partial charge in [0, 0.05) is 22.0 Å². The number of aliphatic hydroxyl groups excluding tert-OH is 2. The molecule has 0 saturated carbocycles. The Bertz CT molecular complexity index is 785. The van der Waals surface area contributed by atoms with Gasteiger partial charge in [-0.3, -0.25) is 0 Å². The third-order valence-corrected chi connectivity index (χ3v) is 4.36. The lowest BCUT2D eigenvalue weighted by Crippen LogP contribution is -2.04. The molecule has 2 N–H and O–H groups in total. The van der Waals surface area contributed by atoms with Gasteiger partial charge in [0.05, 0.1) is 6.61 Å². The van der Waals surface area contributed by atoms with Crippen LogP contribution < -0.4 is 0 Å². The topological polar surface area (TPSA) is 40.5 Å². The summed E-state index contributed by atoms with van der Waals surface area (Å²) in [6, 6.07) is 15.0. The van der Waals surface area contributed by atoms with E-state index in [2.05, 4.69) is 11.8 Å². The first-order chi connectivity index (χ1) is 11.7. The van der Waals surface area contributed by atoms with Gasteiger partial charge < -0.3 is 10.2 Å². The maximum atomic E-state index is 9.83. The molecule has 0 unspecified atom stereocenters. The molecule has 124 valence electrons. The Morgan fingerprint density at radius 2 is 1.38 bits per heavy atom. The van der Waals surface area contributed by atoms with Gasteiger partial charge in [0.1, 0.15) is 6.61 Å². The molecule has 0 saturated heterocycles. The van der Waals surface area contributed by atoms with E-state index in [-0.39, 0.29) is 13.2 Å². The van der Waals surface area contributed by atoms with Crippen LogP contribution in [-0.2, 0) is 12.8 Å². The lowest BCUT2D eigenvalue weighted by molar-refractivity contribution is 0.327. The first-order valence-corrected chi connectivity index (χ1v) is 8.29. The van der Waals surface area contributed by atoms with Crippen molar-refractivity contribution in [3.63, 3.8) is 0 Å². The Balaban J connectivity index is 2.40. The molecule has 0 amide bonds. The molecule has 0 fully saturated rings. The van der Waals surface area contributed by atoms with E-state index in [1.807, 2.05) is 48.5 Å². The van der Waals surface area contributed by atoms with E-state index in [0.717, 1.165) is 22.3 Å². The number of hydrogen-bond donors (Lipinski definition) is 2. The molecule has 2 aromatic rings. The first-order valence-electron chi connectivity index (χ1n) is 7.54. The van der Waals surface area contributed by atoms with Gasteiger partial charge in [-0.1, -0.05) is 71.4 Å². The third-order valence-electron chi connectivity index (χ3n) is 3.62. The third kappa shape index (κ3) is 5.12. The molecular weight excluding hydrogens is 343 g/mol. The van der Waals surface area contributed by atoms with E-state index in [4.69, 9.17) is 28.3 Å². The number of hydrogen-bond acceptors (Lipinski definition) is 2. The van der Waals surface area contributed by atoms with Gasteiger partial charge in [-0.05, 0) is 35.3 Å². The molecule has 0 radical (unpaired) electrons. The molecule has 0 aliphatic carbocycles. The molecule has 0 bridgehead atoms. The fourth-order valence-electron chi connectivity index (χ4n) is 2.37. The molecule has 0 atom stereocenters. The Morgan fingerprint density at radius 1 is 0.833 bits per heavy atom. The highest BCUT2D eigenvalue weighted by atomic mass is 35.5. The van der Waals surface area contributed by atoms with Crippen LogP contribution in [0.5, 0.6) is 0 Å². The smallest absolute Gasteiger partial charge is 0.104 e. The van der Waals surface area contributed by atoms with E-state index >= 15 is 0 Å². The van der Waals surface area contributed by atoms with Crippen molar-refractivity contribution >= 4 is 23.2 Å². The van der Waals surface area contributed by atoms with Crippen LogP contribution in [-0.4, -0.2) is 23.4 Å². The van der Waals surface area contributed by atoms with E-state index in [9.17, 15) is 5.11 Å². The monoisotopic (exact) mass is 360 g/mol. The van der Waals surface area contributed by atoms with Crippen molar-refractivity contribution in [1.29, 1.82) is 0 Å². The van der Waals surface area contributed by atoms with Crippen LogP contribution in [0.15, 0.2) is 59.7 Å². The maximum absolute atomic E-state index is 9.83. The second-order valence-electron chi connectivity index (χ2n) is 5.24. The van der Waals surface area contributed by atoms with Gasteiger partial charge in [-0.15, -0.1) is 0 Å². The minimum Gasteiger partial charge on any atom is -0.392 e. The molecule has 2 rings (SSSR count). The zero-order valence-electron chi connectivity index (χ0n) is 13.1. The molecule has 0 aromatic heterocycles. The van der Waals surface area contributed by atoms with Crippen molar-refractivity contribution in [2.45, 2.75) is 12.8 Å². The summed E-state index contributed by atoms with van der Waals surface area (Å²) in [5.41, 5.74) is 3.36. The predicted octanol–water partition coefficient (Wildman–Crippen LogP) is 4.06.